The van der Waals surface area contributed by atoms with Crippen molar-refractivity contribution in [2.24, 2.45) is 5.73 Å². The van der Waals surface area contributed by atoms with Gasteiger partial charge in [0.15, 0.2) is 0 Å². The van der Waals surface area contributed by atoms with E-state index >= 15 is 0 Å². The van der Waals surface area contributed by atoms with Gasteiger partial charge in [0.05, 0.1) is 24.0 Å². The highest BCUT2D eigenvalue weighted by Gasteiger charge is 2.40. The molecule has 2 aliphatic heterocycles. The second kappa shape index (κ2) is 13.1. The normalized spacial score (nSPS) is 22.3. The molecule has 0 saturated carbocycles. The van der Waals surface area contributed by atoms with Crippen molar-refractivity contribution in [3.05, 3.63) is 59.2 Å². The molecule has 250 valence electrons. The summed E-state index contributed by atoms with van der Waals surface area (Å²) in [6.07, 6.45) is 1.76. The van der Waals surface area contributed by atoms with Gasteiger partial charge >= 0.3 is 11.9 Å². The van der Waals surface area contributed by atoms with E-state index in [1.807, 2.05) is 14.0 Å². The van der Waals surface area contributed by atoms with Gasteiger partial charge < -0.3 is 30.1 Å². The molecule has 10 nitrogen and oxygen atoms in total. The number of halogens is 2. The van der Waals surface area contributed by atoms with Crippen LogP contribution in [-0.4, -0.2) is 88.1 Å². The molecule has 2 aliphatic rings. The van der Waals surface area contributed by atoms with Crippen molar-refractivity contribution in [2.45, 2.75) is 83.2 Å². The molecule has 4 aromatic rings. The molecule has 2 fully saturated rings. The number of esters is 2. The van der Waals surface area contributed by atoms with E-state index in [4.69, 9.17) is 15.2 Å². The Labute approximate surface area is 271 Å². The Kier molecular flexibility index (Phi) is 9.08. The summed E-state index contributed by atoms with van der Waals surface area (Å²) in [7, 11) is 1.99. The number of fused-ring (bicyclic) bond motifs is 2. The number of amides is 1. The maximum Gasteiger partial charge on any atom is 0.302 e. The average Bonchev–Trinajstić information content (AvgIpc) is 3.75. The Morgan fingerprint density at radius 1 is 0.851 bits per heavy atom. The number of aromatic amines is 2. The van der Waals surface area contributed by atoms with Crippen LogP contribution in [0.3, 0.4) is 0 Å². The highest BCUT2D eigenvalue weighted by atomic mass is 19.1. The van der Waals surface area contributed by atoms with Gasteiger partial charge in [-0.25, -0.2) is 8.78 Å². The molecule has 4 N–H and O–H groups in total. The minimum atomic E-state index is -0.695. The van der Waals surface area contributed by atoms with E-state index in [-0.39, 0.29) is 42.4 Å². The molecule has 6 rings (SSSR count). The number of hydrogen-bond donors (Lipinski definition) is 3. The number of carbonyl (C=O) groups excluding carboxylic acids is 3. The number of aromatic nitrogens is 2. The molecule has 5 atom stereocenters. The third-order valence-electron chi connectivity index (χ3n) is 9.60. The zero-order chi connectivity index (χ0) is 33.6. The summed E-state index contributed by atoms with van der Waals surface area (Å²) in [5.41, 5.74) is 10.6. The largest absolute Gasteiger partial charge is 0.461 e. The Morgan fingerprint density at radius 3 is 1.85 bits per heavy atom. The first-order chi connectivity index (χ1) is 22.4. The number of H-pyrrole nitrogens is 2. The topological polar surface area (TPSA) is 134 Å². The van der Waals surface area contributed by atoms with Gasteiger partial charge in [0.1, 0.15) is 23.8 Å². The number of nitrogens with zero attached hydrogens (tertiary/aromatic N) is 2. The minimum absolute atomic E-state index is 0.0374. The van der Waals surface area contributed by atoms with E-state index in [0.717, 1.165) is 27.6 Å². The first-order valence-corrected chi connectivity index (χ1v) is 16.1. The number of rotatable bonds is 9. The number of hydrogen-bond acceptors (Lipinski definition) is 7. The van der Waals surface area contributed by atoms with Crippen molar-refractivity contribution in [3.63, 3.8) is 0 Å². The first-order valence-electron chi connectivity index (χ1n) is 16.1. The van der Waals surface area contributed by atoms with Crippen molar-refractivity contribution < 1.29 is 32.6 Å². The van der Waals surface area contributed by atoms with E-state index in [9.17, 15) is 23.2 Å². The summed E-state index contributed by atoms with van der Waals surface area (Å²) in [4.78, 5) is 47.8. The zero-order valence-corrected chi connectivity index (χ0v) is 27.1. The Bertz CT molecular complexity index is 1840. The fourth-order valence-corrected chi connectivity index (χ4v) is 7.41. The lowest BCUT2D eigenvalue weighted by Gasteiger charge is -2.27. The first kappa shape index (κ1) is 32.6. The van der Waals surface area contributed by atoms with Crippen LogP contribution in [0.5, 0.6) is 0 Å². The molecule has 5 unspecified atom stereocenters. The van der Waals surface area contributed by atoms with Crippen LogP contribution in [0.15, 0.2) is 36.4 Å². The number of likely N-dealkylation sites (N-methyl/N-ethyl adjacent to an activating group) is 1. The maximum absolute atomic E-state index is 14.6. The second-order valence-electron chi connectivity index (χ2n) is 12.9. The van der Waals surface area contributed by atoms with Crippen molar-refractivity contribution in [2.75, 3.05) is 20.1 Å². The fraction of sp³-hybridized carbons (Fsp3) is 0.457. The van der Waals surface area contributed by atoms with Gasteiger partial charge in [-0.1, -0.05) is 6.92 Å². The van der Waals surface area contributed by atoms with Gasteiger partial charge in [0, 0.05) is 67.1 Å². The van der Waals surface area contributed by atoms with Crippen LogP contribution < -0.4 is 5.73 Å². The molecule has 4 heterocycles. The summed E-state index contributed by atoms with van der Waals surface area (Å²) >= 11 is 0. The zero-order valence-electron chi connectivity index (χ0n) is 27.1. The Balaban J connectivity index is 1.45. The van der Waals surface area contributed by atoms with E-state index in [1.165, 1.54) is 38.1 Å². The highest BCUT2D eigenvalue weighted by molar-refractivity contribution is 5.96. The smallest absolute Gasteiger partial charge is 0.302 e. The fourth-order valence-electron chi connectivity index (χ4n) is 7.41. The molecule has 12 heteroatoms. The van der Waals surface area contributed by atoms with Crippen molar-refractivity contribution >= 4 is 39.7 Å². The van der Waals surface area contributed by atoms with E-state index < -0.39 is 23.9 Å². The van der Waals surface area contributed by atoms with Crippen LogP contribution in [0, 0.1) is 11.6 Å². The summed E-state index contributed by atoms with van der Waals surface area (Å²) < 4.78 is 40.2. The summed E-state index contributed by atoms with van der Waals surface area (Å²) in [6.45, 7) is 5.43. The Hall–Kier alpha value is -4.29. The van der Waals surface area contributed by atoms with Crippen molar-refractivity contribution in [1.82, 2.24) is 19.8 Å². The van der Waals surface area contributed by atoms with Crippen molar-refractivity contribution in [3.8, 4) is 11.4 Å². The van der Waals surface area contributed by atoms with Crippen molar-refractivity contribution in [1.29, 1.82) is 0 Å². The van der Waals surface area contributed by atoms with Crippen LogP contribution in [0.2, 0.25) is 0 Å². The average molecular weight is 650 g/mol. The molecule has 2 aromatic heterocycles. The van der Waals surface area contributed by atoms with Crippen LogP contribution in [0.4, 0.5) is 8.78 Å². The van der Waals surface area contributed by atoms with Gasteiger partial charge in [-0.15, -0.1) is 0 Å². The molecule has 2 aromatic carbocycles. The van der Waals surface area contributed by atoms with E-state index in [2.05, 4.69) is 14.9 Å². The molecule has 0 spiro atoms. The lowest BCUT2D eigenvalue weighted by atomic mass is 9.95. The number of likely N-dealkylation sites (tertiary alicyclic amines) is 2. The predicted octanol–water partition coefficient (Wildman–Crippen LogP) is 4.59. The molecular weight excluding hydrogens is 608 g/mol. The third kappa shape index (κ3) is 6.62. The standard InChI is InChI=1S/C35H41F2N5O5/c1-5-30(38)35(45)42-17-25(47-19(3)44)13-23(42)15-29-27-9-7-21(37)11-32(27)40-34(29)33-28(26-8-6-20(36)10-31(26)39-33)14-22-12-24(16-41(22)4)46-18(2)43/h6-11,22-25,30,39-40H,5,12-17,38H2,1-4H3. The van der Waals surface area contributed by atoms with E-state index in [1.54, 1.807) is 17.0 Å². The van der Waals surface area contributed by atoms with Gasteiger partial charge in [-0.3, -0.25) is 19.3 Å². The van der Waals surface area contributed by atoms with E-state index in [0.29, 0.717) is 55.4 Å². The van der Waals surface area contributed by atoms with Gasteiger partial charge in [-0.2, -0.15) is 0 Å². The molecule has 0 radical (unpaired) electrons. The molecule has 0 bridgehead atoms. The number of nitrogens with one attached hydrogen (secondary N) is 2. The van der Waals surface area contributed by atoms with Gasteiger partial charge in [0.2, 0.25) is 5.91 Å². The number of benzene rings is 2. The second-order valence-corrected chi connectivity index (χ2v) is 12.9. The molecule has 47 heavy (non-hydrogen) atoms. The number of carbonyl (C=O) groups is 3. The van der Waals surface area contributed by atoms with Gasteiger partial charge in [0.25, 0.3) is 0 Å². The summed E-state index contributed by atoms with van der Waals surface area (Å²) in [5, 5.41) is 1.64. The maximum atomic E-state index is 14.6. The lowest BCUT2D eigenvalue weighted by molar-refractivity contribution is -0.147. The number of ether oxygens (including phenoxy) is 2. The number of nitrogens with two attached hydrogens (primary N) is 1. The Morgan fingerprint density at radius 2 is 1.34 bits per heavy atom. The summed E-state index contributed by atoms with van der Waals surface area (Å²) in [6, 6.07) is 8.20. The van der Waals surface area contributed by atoms with Crippen LogP contribution in [-0.2, 0) is 36.7 Å². The molecule has 1 amide bonds. The van der Waals surface area contributed by atoms with Gasteiger partial charge in [-0.05, 0) is 73.8 Å². The quantitative estimate of drug-likeness (QED) is 0.226. The summed E-state index contributed by atoms with van der Waals surface area (Å²) in [5.74, 6) is -1.74. The third-order valence-corrected chi connectivity index (χ3v) is 9.60. The van der Waals surface area contributed by atoms with Crippen LogP contribution in [0.25, 0.3) is 33.2 Å². The minimum Gasteiger partial charge on any atom is -0.461 e. The monoisotopic (exact) mass is 649 g/mol. The predicted molar refractivity (Wildman–Crippen MR) is 173 cm³/mol. The van der Waals surface area contributed by atoms with Crippen LogP contribution in [0.1, 0.15) is 51.2 Å². The van der Waals surface area contributed by atoms with Crippen LogP contribution >= 0.6 is 0 Å². The molecule has 0 aliphatic carbocycles. The molecule has 2 saturated heterocycles. The highest BCUT2D eigenvalue weighted by Crippen LogP contribution is 2.40. The SMILES string of the molecule is CCC(N)C(=O)N1CC(OC(C)=O)CC1Cc1c(-c2[nH]c3cc(F)ccc3c2CC2CC(OC(C)=O)CN2C)[nH]c2cc(F)ccc12. The molecular formula is C35H41F2N5O5. The lowest BCUT2D eigenvalue weighted by Crippen LogP contribution is -2.46.